The van der Waals surface area contributed by atoms with Gasteiger partial charge in [-0.2, -0.15) is 0 Å². The van der Waals surface area contributed by atoms with E-state index in [0.29, 0.717) is 13.0 Å². The number of amidine groups is 1. The Bertz CT molecular complexity index is 351. The van der Waals surface area contributed by atoms with E-state index in [1.54, 1.807) is 12.1 Å². The fourth-order valence-corrected chi connectivity index (χ4v) is 1.42. The molecule has 3 N–H and O–H groups in total. The number of nitrogens with two attached hydrogens (primary N) is 1. The van der Waals surface area contributed by atoms with Crippen LogP contribution in [0.4, 0.5) is 10.1 Å². The Hall–Kier alpha value is -1.78. The first-order chi connectivity index (χ1) is 7.67. The van der Waals surface area contributed by atoms with Crippen molar-refractivity contribution in [2.45, 2.75) is 13.3 Å². The van der Waals surface area contributed by atoms with Crippen LogP contribution in [0.15, 0.2) is 29.4 Å². The third-order valence-corrected chi connectivity index (χ3v) is 2.34. The molecular formula is C11H16FN3O. The standard InChI is InChI=1S/C11H16FN3O/c1-2-15(8-7-11(13)14-16)10-5-3-9(12)4-6-10/h3-6,16H,2,7-8H2,1H3,(H2,13,14). The highest BCUT2D eigenvalue weighted by Crippen LogP contribution is 2.14. The highest BCUT2D eigenvalue weighted by Gasteiger charge is 2.05. The van der Waals surface area contributed by atoms with Crippen molar-refractivity contribution in [3.8, 4) is 0 Å². The molecule has 0 aliphatic rings. The average Bonchev–Trinajstić information content (AvgIpc) is 2.31. The van der Waals surface area contributed by atoms with Crippen LogP contribution >= 0.6 is 0 Å². The predicted molar refractivity (Wildman–Crippen MR) is 62.3 cm³/mol. The molecule has 1 aromatic rings. The van der Waals surface area contributed by atoms with Gasteiger partial charge in [0, 0.05) is 25.2 Å². The molecule has 0 saturated heterocycles. The summed E-state index contributed by atoms with van der Waals surface area (Å²) in [6.07, 6.45) is 0.474. The minimum Gasteiger partial charge on any atom is -0.409 e. The second kappa shape index (κ2) is 5.95. The molecule has 1 rings (SSSR count). The number of benzene rings is 1. The van der Waals surface area contributed by atoms with Gasteiger partial charge in [0.1, 0.15) is 11.7 Å². The monoisotopic (exact) mass is 225 g/mol. The van der Waals surface area contributed by atoms with Crippen molar-refractivity contribution < 1.29 is 9.60 Å². The summed E-state index contributed by atoms with van der Waals surface area (Å²) in [5.74, 6) is -0.0585. The van der Waals surface area contributed by atoms with Crippen LogP contribution in [0.25, 0.3) is 0 Å². The van der Waals surface area contributed by atoms with Crippen LogP contribution in [0.1, 0.15) is 13.3 Å². The fourth-order valence-electron chi connectivity index (χ4n) is 1.42. The van der Waals surface area contributed by atoms with Crippen LogP contribution in [-0.2, 0) is 0 Å². The SMILES string of the molecule is CCN(CCC(N)=NO)c1ccc(F)cc1. The Balaban J connectivity index is 2.64. The van der Waals surface area contributed by atoms with E-state index in [4.69, 9.17) is 10.9 Å². The quantitative estimate of drug-likeness (QED) is 0.347. The van der Waals surface area contributed by atoms with E-state index in [0.717, 1.165) is 12.2 Å². The topological polar surface area (TPSA) is 61.8 Å². The third kappa shape index (κ3) is 3.42. The molecule has 0 aliphatic heterocycles. The maximum atomic E-state index is 12.7. The predicted octanol–water partition coefficient (Wildman–Crippen LogP) is 1.79. The summed E-state index contributed by atoms with van der Waals surface area (Å²) in [5.41, 5.74) is 6.32. The van der Waals surface area contributed by atoms with Gasteiger partial charge in [-0.15, -0.1) is 0 Å². The van der Waals surface area contributed by atoms with Crippen molar-refractivity contribution in [1.82, 2.24) is 0 Å². The van der Waals surface area contributed by atoms with Crippen molar-refractivity contribution in [2.75, 3.05) is 18.0 Å². The van der Waals surface area contributed by atoms with Gasteiger partial charge in [0.25, 0.3) is 0 Å². The number of halogens is 1. The lowest BCUT2D eigenvalue weighted by molar-refractivity contribution is 0.317. The van der Waals surface area contributed by atoms with Crippen LogP contribution in [0.3, 0.4) is 0 Å². The van der Waals surface area contributed by atoms with Crippen molar-refractivity contribution >= 4 is 11.5 Å². The molecule has 0 aliphatic carbocycles. The molecule has 0 spiro atoms. The third-order valence-electron chi connectivity index (χ3n) is 2.34. The first kappa shape index (κ1) is 12.3. The summed E-state index contributed by atoms with van der Waals surface area (Å²) in [5, 5.41) is 11.3. The highest BCUT2D eigenvalue weighted by molar-refractivity contribution is 5.80. The molecule has 4 nitrogen and oxygen atoms in total. The van der Waals surface area contributed by atoms with Crippen molar-refractivity contribution in [2.24, 2.45) is 10.9 Å². The van der Waals surface area contributed by atoms with Gasteiger partial charge in [0.2, 0.25) is 0 Å². The molecule has 0 unspecified atom stereocenters. The Kier molecular flexibility index (Phi) is 4.57. The maximum Gasteiger partial charge on any atom is 0.140 e. The molecule has 0 heterocycles. The van der Waals surface area contributed by atoms with Gasteiger partial charge in [0.05, 0.1) is 0 Å². The summed E-state index contributed by atoms with van der Waals surface area (Å²) < 4.78 is 12.7. The molecule has 0 amide bonds. The van der Waals surface area contributed by atoms with Gasteiger partial charge in [-0.1, -0.05) is 5.16 Å². The molecule has 0 fully saturated rings. The summed E-state index contributed by atoms with van der Waals surface area (Å²) in [4.78, 5) is 2.03. The number of oxime groups is 1. The minimum absolute atomic E-state index is 0.195. The van der Waals surface area contributed by atoms with E-state index in [-0.39, 0.29) is 11.7 Å². The number of hydrogen-bond acceptors (Lipinski definition) is 3. The molecule has 88 valence electrons. The zero-order valence-corrected chi connectivity index (χ0v) is 9.23. The van der Waals surface area contributed by atoms with Gasteiger partial charge < -0.3 is 15.8 Å². The Morgan fingerprint density at radius 3 is 2.56 bits per heavy atom. The van der Waals surface area contributed by atoms with E-state index in [9.17, 15) is 4.39 Å². The summed E-state index contributed by atoms with van der Waals surface area (Å²) in [6, 6.07) is 6.26. The van der Waals surface area contributed by atoms with Gasteiger partial charge >= 0.3 is 0 Å². The second-order valence-electron chi connectivity index (χ2n) is 3.40. The summed E-state index contributed by atoms with van der Waals surface area (Å²) in [7, 11) is 0. The Morgan fingerprint density at radius 1 is 1.44 bits per heavy atom. The number of rotatable bonds is 5. The average molecular weight is 225 g/mol. The molecule has 0 aromatic heterocycles. The van der Waals surface area contributed by atoms with Crippen LogP contribution in [-0.4, -0.2) is 24.1 Å². The van der Waals surface area contributed by atoms with Crippen molar-refractivity contribution in [3.63, 3.8) is 0 Å². The number of hydrogen-bond donors (Lipinski definition) is 2. The molecule has 0 saturated carbocycles. The molecule has 0 radical (unpaired) electrons. The lowest BCUT2D eigenvalue weighted by Crippen LogP contribution is -2.27. The molecule has 1 aromatic carbocycles. The van der Waals surface area contributed by atoms with Crippen LogP contribution < -0.4 is 10.6 Å². The van der Waals surface area contributed by atoms with Gasteiger partial charge in [0.15, 0.2) is 0 Å². The zero-order chi connectivity index (χ0) is 12.0. The molecule has 5 heteroatoms. The molecule has 0 atom stereocenters. The maximum absolute atomic E-state index is 12.7. The first-order valence-corrected chi connectivity index (χ1v) is 5.14. The van der Waals surface area contributed by atoms with Crippen molar-refractivity contribution in [3.05, 3.63) is 30.1 Å². The van der Waals surface area contributed by atoms with Gasteiger partial charge in [-0.25, -0.2) is 4.39 Å². The van der Waals surface area contributed by atoms with E-state index in [1.807, 2.05) is 11.8 Å². The van der Waals surface area contributed by atoms with E-state index < -0.39 is 0 Å². The second-order valence-corrected chi connectivity index (χ2v) is 3.40. The summed E-state index contributed by atoms with van der Waals surface area (Å²) >= 11 is 0. The zero-order valence-electron chi connectivity index (χ0n) is 9.23. The van der Waals surface area contributed by atoms with E-state index in [2.05, 4.69) is 5.16 Å². The van der Waals surface area contributed by atoms with E-state index in [1.165, 1.54) is 12.1 Å². The molecular weight excluding hydrogens is 209 g/mol. The molecule has 0 bridgehead atoms. The van der Waals surface area contributed by atoms with E-state index >= 15 is 0 Å². The Labute approximate surface area is 94.2 Å². The Morgan fingerprint density at radius 2 is 2.06 bits per heavy atom. The number of nitrogens with zero attached hydrogens (tertiary/aromatic N) is 2. The summed E-state index contributed by atoms with van der Waals surface area (Å²) in [6.45, 7) is 3.41. The minimum atomic E-state index is -0.253. The largest absolute Gasteiger partial charge is 0.409 e. The van der Waals surface area contributed by atoms with Crippen LogP contribution in [0, 0.1) is 5.82 Å². The van der Waals surface area contributed by atoms with Crippen LogP contribution in [0.5, 0.6) is 0 Å². The molecule has 16 heavy (non-hydrogen) atoms. The van der Waals surface area contributed by atoms with Crippen LogP contribution in [0.2, 0.25) is 0 Å². The van der Waals surface area contributed by atoms with Gasteiger partial charge in [-0.05, 0) is 31.2 Å². The first-order valence-electron chi connectivity index (χ1n) is 5.14. The normalized spacial score (nSPS) is 11.5. The lowest BCUT2D eigenvalue weighted by Gasteiger charge is -2.22. The highest BCUT2D eigenvalue weighted by atomic mass is 19.1. The smallest absolute Gasteiger partial charge is 0.140 e. The fraction of sp³-hybridized carbons (Fsp3) is 0.364. The van der Waals surface area contributed by atoms with Gasteiger partial charge in [-0.3, -0.25) is 0 Å². The number of anilines is 1. The van der Waals surface area contributed by atoms with Crippen molar-refractivity contribution in [1.29, 1.82) is 0 Å². The lowest BCUT2D eigenvalue weighted by atomic mass is 10.2.